The SMILES string of the molecule is Cc1ccccc1-c1cc2c3c(c1)Oc1cc(-c4cccc(-n5c6ccccc6c6ccccc65)c4)ccc1B3c1ccc(-c3cccc(-n4c5ccccc5c5ccccc54)c3)cc1O2. The Labute approximate surface area is 382 Å². The smallest absolute Gasteiger partial charge is 0.260 e. The van der Waals surface area contributed by atoms with Crippen molar-refractivity contribution in [1.82, 2.24) is 9.13 Å². The molecule has 0 bridgehead atoms. The number of benzene rings is 10. The Morgan fingerprint density at radius 3 is 1.18 bits per heavy atom. The topological polar surface area (TPSA) is 28.3 Å². The maximum absolute atomic E-state index is 7.04. The maximum Gasteiger partial charge on any atom is 0.260 e. The minimum Gasteiger partial charge on any atom is -0.458 e. The van der Waals surface area contributed by atoms with Gasteiger partial charge in [0.1, 0.15) is 23.0 Å². The van der Waals surface area contributed by atoms with Crippen molar-refractivity contribution in [2.24, 2.45) is 0 Å². The number of hydrogen-bond acceptors (Lipinski definition) is 2. The molecule has 0 amide bonds. The molecule has 2 aromatic heterocycles. The molecule has 0 spiro atoms. The summed E-state index contributed by atoms with van der Waals surface area (Å²) < 4.78 is 18.8. The summed E-state index contributed by atoms with van der Waals surface area (Å²) in [6, 6.07) is 78.9. The molecule has 2 aliphatic heterocycles. The number of aromatic nitrogens is 2. The van der Waals surface area contributed by atoms with E-state index in [0.29, 0.717) is 0 Å². The van der Waals surface area contributed by atoms with E-state index >= 15 is 0 Å². The van der Waals surface area contributed by atoms with Gasteiger partial charge in [0.25, 0.3) is 6.71 Å². The van der Waals surface area contributed by atoms with E-state index in [2.05, 4.69) is 234 Å². The van der Waals surface area contributed by atoms with E-state index in [1.807, 2.05) is 0 Å². The van der Waals surface area contributed by atoms with Crippen LogP contribution in [0.5, 0.6) is 23.0 Å². The molecular weight excluding hydrogens is 803 g/mol. The number of rotatable bonds is 5. The summed E-state index contributed by atoms with van der Waals surface area (Å²) in [5.74, 6) is 3.37. The Morgan fingerprint density at radius 1 is 0.333 bits per heavy atom. The molecule has 0 N–H and O–H groups in total. The van der Waals surface area contributed by atoms with Gasteiger partial charge in [-0.25, -0.2) is 0 Å². The predicted octanol–water partition coefficient (Wildman–Crippen LogP) is 13.9. The van der Waals surface area contributed by atoms with E-state index in [1.165, 1.54) is 49.2 Å². The van der Waals surface area contributed by atoms with Gasteiger partial charge < -0.3 is 18.6 Å². The van der Waals surface area contributed by atoms with Gasteiger partial charge in [0.05, 0.1) is 22.1 Å². The molecule has 0 aliphatic carbocycles. The van der Waals surface area contributed by atoms with Gasteiger partial charge in [-0.15, -0.1) is 0 Å². The van der Waals surface area contributed by atoms with Crippen molar-refractivity contribution in [1.29, 1.82) is 0 Å². The third kappa shape index (κ3) is 5.53. The minimum absolute atomic E-state index is 0.0793. The van der Waals surface area contributed by atoms with Crippen LogP contribution in [0.2, 0.25) is 0 Å². The van der Waals surface area contributed by atoms with Crippen molar-refractivity contribution in [2.45, 2.75) is 6.92 Å². The lowest BCUT2D eigenvalue weighted by molar-refractivity contribution is 0.465. The zero-order valence-corrected chi connectivity index (χ0v) is 36.1. The summed E-state index contributed by atoms with van der Waals surface area (Å²) in [5, 5.41) is 5.00. The lowest BCUT2D eigenvalue weighted by atomic mass is 9.34. The first-order chi connectivity index (χ1) is 32.6. The number of hydrogen-bond donors (Lipinski definition) is 0. The standard InChI is InChI=1S/C61H39BN2O2/c1-38-14-2-3-19-46(38)43-36-59-61-60(37-43)66-58-35-42(40-16-13-18-45(33-40)64-55-26-10-6-22-49(55)50-23-7-11-27-56(50)64)29-31-52(58)62(61)51-30-28-41(34-57(51)65-59)39-15-12-17-44(32-39)63-53-24-8-4-20-47(53)48-21-5-9-25-54(48)63/h2-37H,1H3. The third-order valence-electron chi connectivity index (χ3n) is 14.0. The van der Waals surface area contributed by atoms with Gasteiger partial charge in [-0.3, -0.25) is 0 Å². The highest BCUT2D eigenvalue weighted by Gasteiger charge is 2.41. The van der Waals surface area contributed by atoms with E-state index in [1.54, 1.807) is 0 Å². The molecule has 14 rings (SSSR count). The van der Waals surface area contributed by atoms with Crippen LogP contribution in [0.3, 0.4) is 0 Å². The van der Waals surface area contributed by atoms with E-state index in [4.69, 9.17) is 9.47 Å². The Bertz CT molecular complexity index is 3650. The van der Waals surface area contributed by atoms with Crippen LogP contribution >= 0.6 is 0 Å². The number of ether oxygens (including phenoxy) is 2. The molecule has 0 fully saturated rings. The van der Waals surface area contributed by atoms with Crippen LogP contribution in [-0.4, -0.2) is 15.8 Å². The molecule has 0 saturated heterocycles. The Hall–Kier alpha value is -8.54. The van der Waals surface area contributed by atoms with Gasteiger partial charge in [0.2, 0.25) is 0 Å². The van der Waals surface area contributed by atoms with E-state index < -0.39 is 0 Å². The highest BCUT2D eigenvalue weighted by molar-refractivity contribution is 6.98. The summed E-state index contributed by atoms with van der Waals surface area (Å²) in [6.45, 7) is 2.08. The van der Waals surface area contributed by atoms with Crippen molar-refractivity contribution >= 4 is 66.7 Å². The van der Waals surface area contributed by atoms with Crippen LogP contribution in [0.15, 0.2) is 218 Å². The van der Waals surface area contributed by atoms with Crippen LogP contribution < -0.4 is 25.9 Å². The molecule has 0 radical (unpaired) electrons. The van der Waals surface area contributed by atoms with Gasteiger partial charge in [0, 0.05) is 38.4 Å². The maximum atomic E-state index is 7.04. The quantitative estimate of drug-likeness (QED) is 0.162. The predicted molar refractivity (Wildman–Crippen MR) is 274 cm³/mol. The van der Waals surface area contributed by atoms with Gasteiger partial charge in [-0.1, -0.05) is 146 Å². The minimum atomic E-state index is -0.0793. The highest BCUT2D eigenvalue weighted by atomic mass is 16.5. The summed E-state index contributed by atoms with van der Waals surface area (Å²) in [4.78, 5) is 0. The molecule has 0 saturated carbocycles. The first-order valence-corrected chi connectivity index (χ1v) is 22.7. The molecule has 12 aromatic rings. The fourth-order valence-corrected chi connectivity index (χ4v) is 11.0. The first-order valence-electron chi connectivity index (χ1n) is 22.7. The Balaban J connectivity index is 0.897. The average molecular weight is 843 g/mol. The molecular formula is C61H39BN2O2. The molecule has 0 unspecified atom stereocenters. The number of fused-ring (bicyclic) bond motifs is 10. The first kappa shape index (κ1) is 36.9. The largest absolute Gasteiger partial charge is 0.458 e. The van der Waals surface area contributed by atoms with E-state index in [0.717, 1.165) is 84.1 Å². The average Bonchev–Trinajstić information content (AvgIpc) is 3.89. The zero-order valence-electron chi connectivity index (χ0n) is 36.1. The van der Waals surface area contributed by atoms with Crippen molar-refractivity contribution in [3.8, 4) is 67.8 Å². The molecule has 10 aromatic carbocycles. The second-order valence-electron chi connectivity index (χ2n) is 17.7. The fraction of sp³-hybridized carbons (Fsp3) is 0.0164. The van der Waals surface area contributed by atoms with Crippen LogP contribution in [0.4, 0.5) is 0 Å². The second kappa shape index (κ2) is 14.2. The molecule has 66 heavy (non-hydrogen) atoms. The molecule has 308 valence electrons. The fourth-order valence-electron chi connectivity index (χ4n) is 11.0. The van der Waals surface area contributed by atoms with Gasteiger partial charge in [0.15, 0.2) is 0 Å². The Morgan fingerprint density at radius 2 is 0.727 bits per heavy atom. The number of para-hydroxylation sites is 4. The van der Waals surface area contributed by atoms with Gasteiger partial charge in [-0.2, -0.15) is 0 Å². The third-order valence-corrected chi connectivity index (χ3v) is 14.0. The highest BCUT2D eigenvalue weighted by Crippen LogP contribution is 2.42. The lowest BCUT2D eigenvalue weighted by Gasteiger charge is -2.34. The molecule has 2 aliphatic rings. The summed E-state index contributed by atoms with van der Waals surface area (Å²) in [7, 11) is 0. The van der Waals surface area contributed by atoms with Gasteiger partial charge >= 0.3 is 0 Å². The molecule has 0 atom stereocenters. The number of nitrogens with zero attached hydrogens (tertiary/aromatic N) is 2. The zero-order chi connectivity index (χ0) is 43.5. The van der Waals surface area contributed by atoms with Crippen molar-refractivity contribution in [2.75, 3.05) is 0 Å². The van der Waals surface area contributed by atoms with Crippen molar-refractivity contribution < 1.29 is 9.47 Å². The Kier molecular flexibility index (Phi) is 7.96. The van der Waals surface area contributed by atoms with Gasteiger partial charge in [-0.05, 0) is 130 Å². The monoisotopic (exact) mass is 842 g/mol. The normalized spacial score (nSPS) is 12.5. The van der Waals surface area contributed by atoms with Crippen molar-refractivity contribution in [3.63, 3.8) is 0 Å². The van der Waals surface area contributed by atoms with E-state index in [9.17, 15) is 0 Å². The van der Waals surface area contributed by atoms with Crippen LogP contribution in [-0.2, 0) is 0 Å². The van der Waals surface area contributed by atoms with Crippen molar-refractivity contribution in [3.05, 3.63) is 224 Å². The van der Waals surface area contributed by atoms with E-state index in [-0.39, 0.29) is 6.71 Å². The summed E-state index contributed by atoms with van der Waals surface area (Å²) in [5.41, 5.74) is 18.2. The molecule has 4 heterocycles. The molecule has 4 nitrogen and oxygen atoms in total. The van der Waals surface area contributed by atoms with Crippen LogP contribution in [0, 0.1) is 6.92 Å². The summed E-state index contributed by atoms with van der Waals surface area (Å²) in [6.07, 6.45) is 0. The number of aryl methyl sites for hydroxylation is 1. The second-order valence-corrected chi connectivity index (χ2v) is 17.7. The molecule has 5 heteroatoms. The van der Waals surface area contributed by atoms with Crippen LogP contribution in [0.1, 0.15) is 5.56 Å². The lowest BCUT2D eigenvalue weighted by Crippen LogP contribution is -2.57. The summed E-state index contributed by atoms with van der Waals surface area (Å²) >= 11 is 0. The van der Waals surface area contributed by atoms with Crippen LogP contribution in [0.25, 0.3) is 88.4 Å².